The first-order chi connectivity index (χ1) is 8.04. The van der Waals surface area contributed by atoms with E-state index in [4.69, 9.17) is 0 Å². The van der Waals surface area contributed by atoms with E-state index in [9.17, 15) is 9.59 Å². The van der Waals surface area contributed by atoms with Crippen LogP contribution in [-0.2, 0) is 14.3 Å². The van der Waals surface area contributed by atoms with E-state index in [0.717, 1.165) is 26.2 Å². The van der Waals surface area contributed by atoms with Gasteiger partial charge in [0.1, 0.15) is 0 Å². The number of nitrogens with zero attached hydrogens (tertiary/aromatic N) is 2. The van der Waals surface area contributed by atoms with Crippen LogP contribution >= 0.6 is 0 Å². The minimum atomic E-state index is -0.320. The molecule has 1 amide bonds. The molecule has 1 rings (SSSR count). The Kier molecular flexibility index (Phi) is 5.41. The highest BCUT2D eigenvalue weighted by atomic mass is 16.5. The summed E-state index contributed by atoms with van der Waals surface area (Å²) >= 11 is 0. The first-order valence-electron chi connectivity index (χ1n) is 6.13. The van der Waals surface area contributed by atoms with Crippen molar-refractivity contribution < 1.29 is 14.3 Å². The van der Waals surface area contributed by atoms with E-state index >= 15 is 0 Å². The lowest BCUT2D eigenvalue weighted by Gasteiger charge is -2.36. The maximum absolute atomic E-state index is 11.8. The molecule has 5 heteroatoms. The number of rotatable bonds is 4. The lowest BCUT2D eigenvalue weighted by molar-refractivity contribution is -0.144. The van der Waals surface area contributed by atoms with Crippen molar-refractivity contribution in [2.45, 2.75) is 32.7 Å². The fourth-order valence-corrected chi connectivity index (χ4v) is 1.96. The van der Waals surface area contributed by atoms with Crippen LogP contribution in [-0.4, -0.2) is 61.0 Å². The largest absolute Gasteiger partial charge is 0.469 e. The molecular formula is C12H22N2O3. The Balaban J connectivity index is 2.28. The van der Waals surface area contributed by atoms with Crippen molar-refractivity contribution in [2.75, 3.05) is 33.3 Å². The molecule has 0 aromatic heterocycles. The summed E-state index contributed by atoms with van der Waals surface area (Å²) in [5.41, 5.74) is 0. The van der Waals surface area contributed by atoms with Gasteiger partial charge in [-0.3, -0.25) is 14.5 Å². The molecule has 1 aliphatic rings. The van der Waals surface area contributed by atoms with Gasteiger partial charge in [0.15, 0.2) is 0 Å². The Morgan fingerprint density at radius 1 is 1.12 bits per heavy atom. The molecule has 0 radical (unpaired) electrons. The zero-order valence-corrected chi connectivity index (χ0v) is 10.9. The number of hydrogen-bond donors (Lipinski definition) is 0. The van der Waals surface area contributed by atoms with Crippen LogP contribution in [0.2, 0.25) is 0 Å². The number of carbonyl (C=O) groups excluding carboxylic acids is 2. The van der Waals surface area contributed by atoms with E-state index in [0.29, 0.717) is 6.04 Å². The number of piperazine rings is 1. The molecule has 0 unspecified atom stereocenters. The third-order valence-corrected chi connectivity index (χ3v) is 3.17. The number of amides is 1. The van der Waals surface area contributed by atoms with E-state index in [1.165, 1.54) is 7.11 Å². The van der Waals surface area contributed by atoms with Gasteiger partial charge in [-0.15, -0.1) is 0 Å². The molecule has 17 heavy (non-hydrogen) atoms. The van der Waals surface area contributed by atoms with Crippen molar-refractivity contribution in [3.63, 3.8) is 0 Å². The van der Waals surface area contributed by atoms with Crippen LogP contribution in [0.15, 0.2) is 0 Å². The Hall–Kier alpha value is -1.10. The molecule has 1 fully saturated rings. The maximum Gasteiger partial charge on any atom is 0.306 e. The predicted molar refractivity (Wildman–Crippen MR) is 64.5 cm³/mol. The topological polar surface area (TPSA) is 49.9 Å². The molecule has 0 aromatic rings. The molecule has 0 spiro atoms. The lowest BCUT2D eigenvalue weighted by atomic mass is 10.2. The fourth-order valence-electron chi connectivity index (χ4n) is 1.96. The Morgan fingerprint density at radius 2 is 1.71 bits per heavy atom. The van der Waals surface area contributed by atoms with Crippen LogP contribution in [0.1, 0.15) is 26.7 Å². The van der Waals surface area contributed by atoms with Gasteiger partial charge in [0.05, 0.1) is 13.5 Å². The van der Waals surface area contributed by atoms with Gasteiger partial charge in [0.25, 0.3) is 0 Å². The number of carbonyl (C=O) groups is 2. The molecule has 0 bridgehead atoms. The minimum Gasteiger partial charge on any atom is -0.469 e. The molecule has 98 valence electrons. The summed E-state index contributed by atoms with van der Waals surface area (Å²) in [4.78, 5) is 26.9. The Bertz CT molecular complexity index is 271. The average Bonchev–Trinajstić information content (AvgIpc) is 2.35. The molecule has 0 atom stereocenters. The summed E-state index contributed by atoms with van der Waals surface area (Å²) in [7, 11) is 1.34. The number of esters is 1. The van der Waals surface area contributed by atoms with Crippen molar-refractivity contribution in [3.8, 4) is 0 Å². The van der Waals surface area contributed by atoms with E-state index in [1.807, 2.05) is 4.90 Å². The molecule has 0 aromatic carbocycles. The summed E-state index contributed by atoms with van der Waals surface area (Å²) < 4.78 is 4.52. The molecule has 0 saturated carbocycles. The number of ether oxygens (including phenoxy) is 1. The normalized spacial score (nSPS) is 17.3. The molecular weight excluding hydrogens is 220 g/mol. The highest BCUT2D eigenvalue weighted by molar-refractivity contribution is 5.81. The molecule has 1 aliphatic heterocycles. The van der Waals surface area contributed by atoms with Gasteiger partial charge in [-0.05, 0) is 13.8 Å². The molecule has 0 N–H and O–H groups in total. The second-order valence-corrected chi connectivity index (χ2v) is 4.59. The van der Waals surface area contributed by atoms with Crippen LogP contribution in [0.5, 0.6) is 0 Å². The molecule has 1 heterocycles. The van der Waals surface area contributed by atoms with Crippen molar-refractivity contribution in [3.05, 3.63) is 0 Å². The van der Waals surface area contributed by atoms with Gasteiger partial charge in [-0.1, -0.05) is 0 Å². The zero-order valence-electron chi connectivity index (χ0n) is 10.9. The standard InChI is InChI=1S/C12H22N2O3/c1-10(2)13-6-8-14(9-7-13)11(15)4-5-12(16)17-3/h10H,4-9H2,1-3H3. The SMILES string of the molecule is COC(=O)CCC(=O)N1CCN(C(C)C)CC1. The second kappa shape index (κ2) is 6.59. The van der Waals surface area contributed by atoms with Crippen LogP contribution in [0.4, 0.5) is 0 Å². The van der Waals surface area contributed by atoms with E-state index in [1.54, 1.807) is 0 Å². The summed E-state index contributed by atoms with van der Waals surface area (Å²) in [6.45, 7) is 7.68. The second-order valence-electron chi connectivity index (χ2n) is 4.59. The van der Waals surface area contributed by atoms with E-state index in [-0.39, 0.29) is 24.7 Å². The highest BCUT2D eigenvalue weighted by Crippen LogP contribution is 2.08. The third-order valence-electron chi connectivity index (χ3n) is 3.17. The quantitative estimate of drug-likeness (QED) is 0.673. The summed E-state index contributed by atoms with van der Waals surface area (Å²) in [5, 5.41) is 0. The molecule has 0 aliphatic carbocycles. The lowest BCUT2D eigenvalue weighted by Crippen LogP contribution is -2.50. The highest BCUT2D eigenvalue weighted by Gasteiger charge is 2.22. The van der Waals surface area contributed by atoms with Gasteiger partial charge in [-0.2, -0.15) is 0 Å². The first-order valence-corrected chi connectivity index (χ1v) is 6.13. The fraction of sp³-hybridized carbons (Fsp3) is 0.833. The smallest absolute Gasteiger partial charge is 0.306 e. The van der Waals surface area contributed by atoms with Crippen LogP contribution in [0.25, 0.3) is 0 Å². The molecule has 5 nitrogen and oxygen atoms in total. The summed E-state index contributed by atoms with van der Waals surface area (Å²) in [6.07, 6.45) is 0.439. The average molecular weight is 242 g/mol. The monoisotopic (exact) mass is 242 g/mol. The van der Waals surface area contributed by atoms with Crippen molar-refractivity contribution in [1.82, 2.24) is 9.80 Å². The van der Waals surface area contributed by atoms with Crippen LogP contribution in [0, 0.1) is 0 Å². The Labute approximate surface area is 103 Å². The first kappa shape index (κ1) is 14.0. The van der Waals surface area contributed by atoms with Crippen molar-refractivity contribution >= 4 is 11.9 Å². The van der Waals surface area contributed by atoms with Gasteiger partial charge in [-0.25, -0.2) is 0 Å². The predicted octanol–water partition coefficient (Wildman–Crippen LogP) is 0.492. The number of hydrogen-bond acceptors (Lipinski definition) is 4. The maximum atomic E-state index is 11.8. The van der Waals surface area contributed by atoms with E-state index < -0.39 is 0 Å². The summed E-state index contributed by atoms with van der Waals surface area (Å²) in [6, 6.07) is 0.530. The van der Waals surface area contributed by atoms with E-state index in [2.05, 4.69) is 23.5 Å². The molecule has 1 saturated heterocycles. The van der Waals surface area contributed by atoms with Gasteiger partial charge in [0.2, 0.25) is 5.91 Å². The van der Waals surface area contributed by atoms with Crippen molar-refractivity contribution in [2.24, 2.45) is 0 Å². The van der Waals surface area contributed by atoms with Gasteiger partial charge in [0, 0.05) is 38.6 Å². The van der Waals surface area contributed by atoms with Crippen LogP contribution < -0.4 is 0 Å². The Morgan fingerprint density at radius 3 is 2.18 bits per heavy atom. The van der Waals surface area contributed by atoms with Gasteiger partial charge < -0.3 is 9.64 Å². The van der Waals surface area contributed by atoms with Crippen molar-refractivity contribution in [1.29, 1.82) is 0 Å². The third kappa shape index (κ3) is 4.34. The van der Waals surface area contributed by atoms with Crippen LogP contribution in [0.3, 0.4) is 0 Å². The summed E-state index contributed by atoms with van der Waals surface area (Å²) in [5.74, 6) is -0.266. The number of methoxy groups -OCH3 is 1. The zero-order chi connectivity index (χ0) is 12.8. The van der Waals surface area contributed by atoms with Gasteiger partial charge >= 0.3 is 5.97 Å². The minimum absolute atomic E-state index is 0.0545.